The molecule has 1 aliphatic rings. The number of ether oxygens (including phenoxy) is 1. The third-order valence-electron chi connectivity index (χ3n) is 7.00. The van der Waals surface area contributed by atoms with Gasteiger partial charge in [0, 0.05) is 6.42 Å². The third kappa shape index (κ3) is 6.36. The molecule has 0 saturated heterocycles. The zero-order valence-corrected chi connectivity index (χ0v) is 24.3. The van der Waals surface area contributed by atoms with Crippen molar-refractivity contribution in [2.75, 3.05) is 17.5 Å². The number of nitrogens with zero attached hydrogens (tertiary/aromatic N) is 1. The first-order chi connectivity index (χ1) is 20.9. The molecule has 4 aromatic carbocycles. The van der Waals surface area contributed by atoms with E-state index in [4.69, 9.17) is 21.4 Å². The summed E-state index contributed by atoms with van der Waals surface area (Å²) in [5, 5.41) is 11.8. The molecule has 0 spiro atoms. The Labute approximate surface area is 255 Å². The second-order valence-electron chi connectivity index (χ2n) is 9.84. The molecule has 44 heavy (non-hydrogen) atoms. The van der Waals surface area contributed by atoms with Crippen LogP contribution in [0.15, 0.2) is 95.9 Å². The van der Waals surface area contributed by atoms with Gasteiger partial charge in [-0.15, -0.1) is 0 Å². The van der Waals surface area contributed by atoms with Crippen LogP contribution in [-0.2, 0) is 27.4 Å². The van der Waals surface area contributed by atoms with Crippen LogP contribution in [0.3, 0.4) is 0 Å². The standard InChI is InChI=1S/C31H24ClF3N2O6S/c32-26-18-23(10-13-25(26)30(39)40)43-15-14-36-29(38)28-17-21-4-1-2-7-27(21)37(28)44(41,42)24-11-8-19(9-12-24)20-5-3-6-22(16-20)31(33,34)35/h1-13,16,18,28H,14-15,17H2,(H,36,38)(H,39,40)/t28-/m0/s1. The second-order valence-corrected chi connectivity index (χ2v) is 12.1. The molecule has 0 unspecified atom stereocenters. The van der Waals surface area contributed by atoms with Crippen LogP contribution in [0.4, 0.5) is 18.9 Å². The van der Waals surface area contributed by atoms with Gasteiger partial charge in [0.15, 0.2) is 0 Å². The number of carboxylic acids is 1. The molecule has 0 radical (unpaired) electrons. The fourth-order valence-electron chi connectivity index (χ4n) is 4.88. The summed E-state index contributed by atoms with van der Waals surface area (Å²) in [6, 6.07) is 19.9. The van der Waals surface area contributed by atoms with Crippen LogP contribution in [0.1, 0.15) is 21.5 Å². The summed E-state index contributed by atoms with van der Waals surface area (Å²) in [4.78, 5) is 24.3. The highest BCUT2D eigenvalue weighted by atomic mass is 35.5. The molecule has 228 valence electrons. The highest BCUT2D eigenvalue weighted by molar-refractivity contribution is 7.93. The molecule has 4 aromatic rings. The molecule has 0 fully saturated rings. The first kappa shape index (κ1) is 30.9. The van der Waals surface area contributed by atoms with Crippen LogP contribution < -0.4 is 14.4 Å². The number of benzene rings is 4. The molecule has 0 bridgehead atoms. The Balaban J connectivity index is 1.32. The Hall–Kier alpha value is -4.55. The summed E-state index contributed by atoms with van der Waals surface area (Å²) < 4.78 is 73.9. The number of hydrogen-bond acceptors (Lipinski definition) is 5. The fraction of sp³-hybridized carbons (Fsp3) is 0.161. The number of anilines is 1. The Bertz CT molecular complexity index is 1830. The summed E-state index contributed by atoms with van der Waals surface area (Å²) in [5.41, 5.74) is 0.763. The first-order valence-corrected chi connectivity index (χ1v) is 15.0. The van der Waals surface area contributed by atoms with Gasteiger partial charge in [0.25, 0.3) is 10.0 Å². The number of carboxylic acid groups (broad SMARTS) is 1. The zero-order chi connectivity index (χ0) is 31.6. The highest BCUT2D eigenvalue weighted by Crippen LogP contribution is 2.38. The normalized spacial score (nSPS) is 14.6. The number of para-hydroxylation sites is 1. The molecule has 1 atom stereocenters. The smallest absolute Gasteiger partial charge is 0.416 e. The lowest BCUT2D eigenvalue weighted by Crippen LogP contribution is -2.48. The number of amides is 1. The molecule has 8 nitrogen and oxygen atoms in total. The molecule has 2 N–H and O–H groups in total. The van der Waals surface area contributed by atoms with Crippen molar-refractivity contribution < 1.29 is 41.0 Å². The van der Waals surface area contributed by atoms with E-state index < -0.39 is 39.7 Å². The summed E-state index contributed by atoms with van der Waals surface area (Å²) in [5.74, 6) is -1.45. The number of hydrogen-bond donors (Lipinski definition) is 2. The van der Waals surface area contributed by atoms with Gasteiger partial charge in [0.05, 0.1) is 33.3 Å². The van der Waals surface area contributed by atoms with Crippen LogP contribution in [-0.4, -0.2) is 44.6 Å². The molecule has 0 aliphatic carbocycles. The van der Waals surface area contributed by atoms with Crippen LogP contribution in [0, 0.1) is 0 Å². The van der Waals surface area contributed by atoms with E-state index in [2.05, 4.69) is 5.32 Å². The second kappa shape index (κ2) is 12.2. The van der Waals surface area contributed by atoms with Gasteiger partial charge in [-0.25, -0.2) is 13.2 Å². The van der Waals surface area contributed by atoms with Gasteiger partial charge < -0.3 is 15.2 Å². The molecular weight excluding hydrogens is 621 g/mol. The van der Waals surface area contributed by atoms with Gasteiger partial charge >= 0.3 is 12.1 Å². The van der Waals surface area contributed by atoms with Gasteiger partial charge in [0.2, 0.25) is 5.91 Å². The topological polar surface area (TPSA) is 113 Å². The number of rotatable bonds is 9. The minimum atomic E-state index is -4.52. The summed E-state index contributed by atoms with van der Waals surface area (Å²) in [6.07, 6.45) is -4.40. The number of halogens is 4. The van der Waals surface area contributed by atoms with Crippen molar-refractivity contribution in [2.24, 2.45) is 0 Å². The van der Waals surface area contributed by atoms with E-state index in [1.54, 1.807) is 24.3 Å². The number of aromatic carboxylic acids is 1. The van der Waals surface area contributed by atoms with E-state index >= 15 is 0 Å². The summed E-state index contributed by atoms with van der Waals surface area (Å²) in [6.45, 7) is 0.0153. The Morgan fingerprint density at radius 3 is 2.36 bits per heavy atom. The van der Waals surface area contributed by atoms with Crippen LogP contribution >= 0.6 is 11.6 Å². The lowest BCUT2D eigenvalue weighted by molar-refractivity contribution is -0.137. The Kier molecular flexibility index (Phi) is 8.57. The number of sulfonamides is 1. The molecule has 1 heterocycles. The lowest BCUT2D eigenvalue weighted by Gasteiger charge is -2.26. The number of carbonyl (C=O) groups is 2. The first-order valence-electron chi connectivity index (χ1n) is 13.2. The van der Waals surface area contributed by atoms with Gasteiger partial charge in [-0.05, 0) is 65.2 Å². The monoisotopic (exact) mass is 644 g/mol. The van der Waals surface area contributed by atoms with E-state index in [0.717, 1.165) is 16.4 Å². The van der Waals surface area contributed by atoms with Gasteiger partial charge in [0.1, 0.15) is 18.4 Å². The minimum Gasteiger partial charge on any atom is -0.492 e. The van der Waals surface area contributed by atoms with Crippen molar-refractivity contribution in [1.82, 2.24) is 5.32 Å². The van der Waals surface area contributed by atoms with E-state index in [1.807, 2.05) is 0 Å². The molecule has 0 saturated carbocycles. The Morgan fingerprint density at radius 1 is 0.955 bits per heavy atom. The average molecular weight is 645 g/mol. The van der Waals surface area contributed by atoms with Crippen molar-refractivity contribution in [3.63, 3.8) is 0 Å². The van der Waals surface area contributed by atoms with E-state index in [-0.39, 0.29) is 40.6 Å². The van der Waals surface area contributed by atoms with E-state index in [9.17, 15) is 31.2 Å². The molecule has 5 rings (SSSR count). The third-order valence-corrected chi connectivity index (χ3v) is 9.15. The van der Waals surface area contributed by atoms with Crippen LogP contribution in [0.5, 0.6) is 5.75 Å². The van der Waals surface area contributed by atoms with E-state index in [0.29, 0.717) is 22.6 Å². The van der Waals surface area contributed by atoms with Gasteiger partial charge in [-0.3, -0.25) is 9.10 Å². The predicted octanol–water partition coefficient (Wildman–Crippen LogP) is 6.04. The van der Waals surface area contributed by atoms with Crippen molar-refractivity contribution in [3.05, 3.63) is 113 Å². The maximum absolute atomic E-state index is 13.9. The zero-order valence-electron chi connectivity index (χ0n) is 22.7. The van der Waals surface area contributed by atoms with Gasteiger partial charge in [-0.1, -0.05) is 54.1 Å². The summed E-state index contributed by atoms with van der Waals surface area (Å²) in [7, 11) is -4.27. The largest absolute Gasteiger partial charge is 0.492 e. The molecule has 1 amide bonds. The van der Waals surface area contributed by atoms with Crippen molar-refractivity contribution in [3.8, 4) is 16.9 Å². The van der Waals surface area contributed by atoms with E-state index in [1.165, 1.54) is 54.6 Å². The quantitative estimate of drug-likeness (QED) is 0.215. The number of fused-ring (bicyclic) bond motifs is 1. The number of nitrogens with one attached hydrogen (secondary N) is 1. The SMILES string of the molecule is O=C(O)c1ccc(OCCNC(=O)[C@@H]2Cc3ccccc3N2S(=O)(=O)c2ccc(-c3cccc(C(F)(F)F)c3)cc2)cc1Cl. The number of carbonyl (C=O) groups excluding carboxylic acids is 1. The average Bonchev–Trinajstić information content (AvgIpc) is 3.40. The van der Waals surface area contributed by atoms with Crippen molar-refractivity contribution >= 4 is 39.2 Å². The predicted molar refractivity (Wildman–Crippen MR) is 157 cm³/mol. The maximum atomic E-state index is 13.9. The summed E-state index contributed by atoms with van der Waals surface area (Å²) >= 11 is 5.96. The molecule has 13 heteroatoms. The number of alkyl halides is 3. The van der Waals surface area contributed by atoms with Crippen molar-refractivity contribution in [2.45, 2.75) is 23.5 Å². The highest BCUT2D eigenvalue weighted by Gasteiger charge is 2.42. The minimum absolute atomic E-state index is 0.00208. The molecule has 0 aromatic heterocycles. The molecular formula is C31H24ClF3N2O6S. The van der Waals surface area contributed by atoms with Crippen LogP contribution in [0.25, 0.3) is 11.1 Å². The fourth-order valence-corrected chi connectivity index (χ4v) is 6.78. The Morgan fingerprint density at radius 2 is 1.68 bits per heavy atom. The maximum Gasteiger partial charge on any atom is 0.416 e. The van der Waals surface area contributed by atoms with Gasteiger partial charge in [-0.2, -0.15) is 13.2 Å². The van der Waals surface area contributed by atoms with Crippen LogP contribution in [0.2, 0.25) is 5.02 Å². The lowest BCUT2D eigenvalue weighted by atomic mass is 10.0. The molecule has 1 aliphatic heterocycles. The van der Waals surface area contributed by atoms with Crippen molar-refractivity contribution in [1.29, 1.82) is 0 Å².